The van der Waals surface area contributed by atoms with E-state index in [0.717, 1.165) is 30.8 Å². The fourth-order valence-electron chi connectivity index (χ4n) is 2.57. The van der Waals surface area contributed by atoms with Crippen LogP contribution in [0.25, 0.3) is 0 Å². The van der Waals surface area contributed by atoms with E-state index in [1.54, 1.807) is 0 Å². The number of carbonyl (C=O) groups is 1. The molecule has 104 valence electrons. The zero-order valence-electron chi connectivity index (χ0n) is 11.3. The van der Waals surface area contributed by atoms with Gasteiger partial charge in [-0.3, -0.25) is 9.89 Å². The van der Waals surface area contributed by atoms with Gasteiger partial charge in [0.25, 0.3) is 5.91 Å². The van der Waals surface area contributed by atoms with Gasteiger partial charge < -0.3 is 10.6 Å². The molecule has 2 heterocycles. The van der Waals surface area contributed by atoms with Crippen LogP contribution in [0.5, 0.6) is 0 Å². The molecule has 1 aromatic rings. The van der Waals surface area contributed by atoms with Crippen LogP contribution in [-0.2, 0) is 0 Å². The molecule has 0 aromatic carbocycles. The predicted octanol–water partition coefficient (Wildman–Crippen LogP) is 1.84. The lowest BCUT2D eigenvalue weighted by atomic mass is 10.1. The molecule has 19 heavy (non-hydrogen) atoms. The van der Waals surface area contributed by atoms with Crippen LogP contribution >= 0.6 is 11.8 Å². The number of aromatic amines is 1. The topological polar surface area (TPSA) is 75.0 Å². The first-order chi connectivity index (χ1) is 9.09. The Hall–Kier alpha value is -1.17. The third-order valence-corrected chi connectivity index (χ3v) is 5.50. The van der Waals surface area contributed by atoms with E-state index in [-0.39, 0.29) is 11.9 Å². The van der Waals surface area contributed by atoms with Crippen LogP contribution in [0.4, 0.5) is 5.69 Å². The first-order valence-electron chi connectivity index (χ1n) is 6.86. The zero-order valence-corrected chi connectivity index (χ0v) is 12.2. The molecule has 6 heteroatoms. The number of thioether (sulfide) groups is 1. The lowest BCUT2D eigenvalue weighted by Gasteiger charge is -2.37. The largest absolute Gasteiger partial charge is 0.395 e. The molecule has 2 unspecified atom stereocenters. The fourth-order valence-corrected chi connectivity index (χ4v) is 3.67. The highest BCUT2D eigenvalue weighted by molar-refractivity contribution is 8.00. The van der Waals surface area contributed by atoms with Crippen LogP contribution in [0.2, 0.25) is 0 Å². The Balaban J connectivity index is 1.83. The van der Waals surface area contributed by atoms with Crippen molar-refractivity contribution in [3.63, 3.8) is 0 Å². The minimum atomic E-state index is -0.0275. The van der Waals surface area contributed by atoms with Gasteiger partial charge in [0.2, 0.25) is 0 Å². The maximum absolute atomic E-state index is 12.6. The van der Waals surface area contributed by atoms with Crippen molar-refractivity contribution in [1.82, 2.24) is 15.1 Å². The molecule has 2 atom stereocenters. The van der Waals surface area contributed by atoms with Gasteiger partial charge in [0.05, 0.1) is 11.4 Å². The molecule has 1 saturated carbocycles. The average molecular weight is 280 g/mol. The number of nitrogens with one attached hydrogen (secondary N) is 1. The van der Waals surface area contributed by atoms with Gasteiger partial charge in [-0.2, -0.15) is 16.9 Å². The Morgan fingerprint density at radius 1 is 1.47 bits per heavy atom. The molecule has 3 rings (SSSR count). The molecule has 1 aliphatic heterocycles. The number of H-pyrrole nitrogens is 1. The molecule has 2 aliphatic rings. The molecule has 1 amide bonds. The second kappa shape index (κ2) is 4.74. The average Bonchev–Trinajstić information content (AvgIpc) is 3.16. The molecular formula is C13H20N4OS. The number of nitrogens with zero attached hydrogens (tertiary/aromatic N) is 2. The highest BCUT2D eigenvalue weighted by atomic mass is 32.2. The number of carbonyl (C=O) groups excluding carboxylic acids is 1. The Labute approximate surface area is 117 Å². The molecule has 2 fully saturated rings. The standard InChI is InChI=1S/C13H20N4OS/c1-7-8(2)19-6-5-17(7)13(18)12-10(14)11(15-16-12)9-3-4-9/h7-9H,3-6,14H2,1-2H3,(H,15,16). The van der Waals surface area contributed by atoms with Crippen LogP contribution in [0, 0.1) is 0 Å². The Bertz CT molecular complexity index is 497. The third kappa shape index (κ3) is 2.22. The summed E-state index contributed by atoms with van der Waals surface area (Å²) in [6, 6.07) is 0.228. The van der Waals surface area contributed by atoms with Crippen molar-refractivity contribution in [2.75, 3.05) is 18.0 Å². The second-order valence-electron chi connectivity index (χ2n) is 5.49. The van der Waals surface area contributed by atoms with E-state index in [1.165, 1.54) is 0 Å². The van der Waals surface area contributed by atoms with Crippen molar-refractivity contribution in [2.24, 2.45) is 0 Å². The molecule has 1 aliphatic carbocycles. The number of anilines is 1. The fraction of sp³-hybridized carbons (Fsp3) is 0.692. The van der Waals surface area contributed by atoms with Crippen molar-refractivity contribution in [3.05, 3.63) is 11.4 Å². The van der Waals surface area contributed by atoms with Crippen molar-refractivity contribution in [2.45, 2.75) is 43.9 Å². The number of nitrogens with two attached hydrogens (primary N) is 1. The summed E-state index contributed by atoms with van der Waals surface area (Å²) in [6.45, 7) is 5.04. The van der Waals surface area contributed by atoms with Crippen LogP contribution < -0.4 is 5.73 Å². The summed E-state index contributed by atoms with van der Waals surface area (Å²) in [5.74, 6) is 1.44. The van der Waals surface area contributed by atoms with Crippen molar-refractivity contribution < 1.29 is 4.79 Å². The third-order valence-electron chi connectivity index (χ3n) is 4.17. The molecule has 0 bridgehead atoms. The maximum Gasteiger partial charge on any atom is 0.276 e. The minimum Gasteiger partial charge on any atom is -0.395 e. The molecule has 0 spiro atoms. The monoisotopic (exact) mass is 280 g/mol. The summed E-state index contributed by atoms with van der Waals surface area (Å²) < 4.78 is 0. The summed E-state index contributed by atoms with van der Waals surface area (Å²) in [4.78, 5) is 14.5. The highest BCUT2D eigenvalue weighted by Crippen LogP contribution is 2.42. The Morgan fingerprint density at radius 2 is 2.21 bits per heavy atom. The predicted molar refractivity (Wildman–Crippen MR) is 77.4 cm³/mol. The number of aromatic nitrogens is 2. The molecular weight excluding hydrogens is 260 g/mol. The van der Waals surface area contributed by atoms with Crippen LogP contribution in [-0.4, -0.2) is 44.6 Å². The van der Waals surface area contributed by atoms with Gasteiger partial charge in [-0.1, -0.05) is 6.92 Å². The number of hydrogen-bond acceptors (Lipinski definition) is 4. The summed E-state index contributed by atoms with van der Waals surface area (Å²) in [6.07, 6.45) is 2.29. The minimum absolute atomic E-state index is 0.0275. The van der Waals surface area contributed by atoms with Crippen LogP contribution in [0.3, 0.4) is 0 Å². The summed E-state index contributed by atoms with van der Waals surface area (Å²) in [5.41, 5.74) is 8.01. The zero-order chi connectivity index (χ0) is 13.6. The van der Waals surface area contributed by atoms with Crippen molar-refractivity contribution in [1.29, 1.82) is 0 Å². The first kappa shape index (κ1) is 12.8. The van der Waals surface area contributed by atoms with E-state index in [9.17, 15) is 4.79 Å². The van der Waals surface area contributed by atoms with Gasteiger partial charge >= 0.3 is 0 Å². The summed E-state index contributed by atoms with van der Waals surface area (Å²) in [7, 11) is 0. The Kier molecular flexibility index (Phi) is 3.20. The SMILES string of the molecule is CC1SCCN(C(=O)c2n[nH]c(C3CC3)c2N)C1C. The van der Waals surface area contributed by atoms with E-state index in [1.807, 2.05) is 16.7 Å². The maximum atomic E-state index is 12.6. The summed E-state index contributed by atoms with van der Waals surface area (Å²) >= 11 is 1.91. The molecule has 0 radical (unpaired) electrons. The van der Waals surface area contributed by atoms with E-state index in [4.69, 9.17) is 5.73 Å². The quantitative estimate of drug-likeness (QED) is 0.866. The van der Waals surface area contributed by atoms with Crippen LogP contribution in [0.15, 0.2) is 0 Å². The van der Waals surface area contributed by atoms with E-state index >= 15 is 0 Å². The number of hydrogen-bond donors (Lipinski definition) is 2. The Morgan fingerprint density at radius 3 is 2.89 bits per heavy atom. The van der Waals surface area contributed by atoms with Gasteiger partial charge in [-0.05, 0) is 19.8 Å². The van der Waals surface area contributed by atoms with E-state index in [0.29, 0.717) is 22.5 Å². The molecule has 3 N–H and O–H groups in total. The lowest BCUT2D eigenvalue weighted by Crippen LogP contribution is -2.48. The second-order valence-corrected chi connectivity index (χ2v) is 6.97. The smallest absolute Gasteiger partial charge is 0.276 e. The van der Waals surface area contributed by atoms with Gasteiger partial charge in [0.1, 0.15) is 0 Å². The number of nitrogen functional groups attached to an aromatic ring is 1. The highest BCUT2D eigenvalue weighted by Gasteiger charge is 2.34. The molecule has 1 saturated heterocycles. The number of amides is 1. The first-order valence-corrected chi connectivity index (χ1v) is 7.90. The van der Waals surface area contributed by atoms with Gasteiger partial charge in [-0.15, -0.1) is 0 Å². The normalized spacial score (nSPS) is 27.6. The van der Waals surface area contributed by atoms with Gasteiger partial charge in [0, 0.05) is 29.5 Å². The van der Waals surface area contributed by atoms with Crippen molar-refractivity contribution >= 4 is 23.4 Å². The molecule has 1 aromatic heterocycles. The van der Waals surface area contributed by atoms with Gasteiger partial charge in [0.15, 0.2) is 5.69 Å². The molecule has 5 nitrogen and oxygen atoms in total. The van der Waals surface area contributed by atoms with E-state index < -0.39 is 0 Å². The number of rotatable bonds is 2. The summed E-state index contributed by atoms with van der Waals surface area (Å²) in [5, 5.41) is 7.58. The van der Waals surface area contributed by atoms with Crippen LogP contribution in [0.1, 0.15) is 48.8 Å². The van der Waals surface area contributed by atoms with Gasteiger partial charge in [-0.25, -0.2) is 0 Å². The lowest BCUT2D eigenvalue weighted by molar-refractivity contribution is 0.0693. The van der Waals surface area contributed by atoms with Crippen molar-refractivity contribution in [3.8, 4) is 0 Å². The van der Waals surface area contributed by atoms with E-state index in [2.05, 4.69) is 24.0 Å².